The van der Waals surface area contributed by atoms with Crippen molar-refractivity contribution in [1.29, 1.82) is 0 Å². The minimum Gasteiger partial charge on any atom is -0.507 e. The van der Waals surface area contributed by atoms with Crippen LogP contribution in [-0.4, -0.2) is 22.0 Å². The molecule has 0 saturated heterocycles. The summed E-state index contributed by atoms with van der Waals surface area (Å²) in [6.07, 6.45) is 0. The first-order chi connectivity index (χ1) is 11.6. The Bertz CT molecular complexity index is 914. The maximum Gasteiger partial charge on any atom is 0.336 e. The molecule has 3 aromatic rings. The predicted octanol–water partition coefficient (Wildman–Crippen LogP) is 3.99. The molecule has 2 N–H and O–H groups in total. The number of aromatic hydroxyl groups is 1. The van der Waals surface area contributed by atoms with Crippen molar-refractivity contribution in [2.75, 3.05) is 0 Å². The van der Waals surface area contributed by atoms with Gasteiger partial charge < -0.3 is 10.2 Å². The fourth-order valence-corrected chi connectivity index (χ4v) is 2.55. The van der Waals surface area contributed by atoms with Crippen LogP contribution in [0.1, 0.15) is 26.3 Å². The van der Waals surface area contributed by atoms with Crippen LogP contribution in [0.4, 0.5) is 0 Å². The van der Waals surface area contributed by atoms with E-state index in [-0.39, 0.29) is 16.9 Å². The monoisotopic (exact) mass is 318 g/mol. The molecule has 0 amide bonds. The lowest BCUT2D eigenvalue weighted by atomic mass is 9.95. The number of hydrogen-bond donors (Lipinski definition) is 2. The highest BCUT2D eigenvalue weighted by molar-refractivity contribution is 6.14. The highest BCUT2D eigenvalue weighted by Gasteiger charge is 2.18. The van der Waals surface area contributed by atoms with Crippen LogP contribution < -0.4 is 0 Å². The SMILES string of the molecule is O=C(O)c1ccccc1C(=O)c1ccc(O)c(-c2ccccc2)c1. The number of hydrogen-bond acceptors (Lipinski definition) is 3. The summed E-state index contributed by atoms with van der Waals surface area (Å²) in [6, 6.07) is 19.8. The van der Waals surface area contributed by atoms with Gasteiger partial charge in [-0.25, -0.2) is 4.79 Å². The average molecular weight is 318 g/mol. The molecule has 0 saturated carbocycles. The molecule has 0 aromatic heterocycles. The molecule has 118 valence electrons. The van der Waals surface area contributed by atoms with Gasteiger partial charge in [0, 0.05) is 16.7 Å². The Kier molecular flexibility index (Phi) is 4.12. The molecular formula is C20H14O4. The zero-order chi connectivity index (χ0) is 17.1. The molecule has 0 heterocycles. The standard InChI is InChI=1S/C20H14O4/c21-18-11-10-14(12-17(18)13-6-2-1-3-7-13)19(22)15-8-4-5-9-16(15)20(23)24/h1-12,21H,(H,23,24). The Balaban J connectivity index is 2.08. The fourth-order valence-electron chi connectivity index (χ4n) is 2.55. The van der Waals surface area contributed by atoms with E-state index in [9.17, 15) is 19.8 Å². The molecule has 0 atom stereocenters. The van der Waals surface area contributed by atoms with Gasteiger partial charge in [0.1, 0.15) is 5.75 Å². The van der Waals surface area contributed by atoms with E-state index in [1.54, 1.807) is 18.2 Å². The van der Waals surface area contributed by atoms with Gasteiger partial charge in [0.2, 0.25) is 0 Å². The van der Waals surface area contributed by atoms with Gasteiger partial charge in [0.05, 0.1) is 5.56 Å². The summed E-state index contributed by atoms with van der Waals surface area (Å²) < 4.78 is 0. The molecule has 0 fully saturated rings. The van der Waals surface area contributed by atoms with Crippen LogP contribution >= 0.6 is 0 Å². The molecule has 0 spiro atoms. The lowest BCUT2D eigenvalue weighted by molar-refractivity contribution is 0.0693. The Hall–Kier alpha value is -3.40. The average Bonchev–Trinajstić information content (AvgIpc) is 2.62. The van der Waals surface area contributed by atoms with Gasteiger partial charge in [-0.1, -0.05) is 48.5 Å². The van der Waals surface area contributed by atoms with Gasteiger partial charge >= 0.3 is 5.97 Å². The van der Waals surface area contributed by atoms with Crippen molar-refractivity contribution in [2.24, 2.45) is 0 Å². The van der Waals surface area contributed by atoms with Crippen LogP contribution in [0.5, 0.6) is 5.75 Å². The van der Waals surface area contributed by atoms with Crippen LogP contribution in [0, 0.1) is 0 Å². The quantitative estimate of drug-likeness (QED) is 0.713. The number of carbonyl (C=O) groups is 2. The van der Waals surface area contributed by atoms with E-state index >= 15 is 0 Å². The van der Waals surface area contributed by atoms with Crippen molar-refractivity contribution in [2.45, 2.75) is 0 Å². The molecular weight excluding hydrogens is 304 g/mol. The number of carboxylic acid groups (broad SMARTS) is 1. The molecule has 0 unspecified atom stereocenters. The number of carbonyl (C=O) groups excluding carboxylic acids is 1. The van der Waals surface area contributed by atoms with Crippen molar-refractivity contribution < 1.29 is 19.8 Å². The van der Waals surface area contributed by atoms with Crippen LogP contribution in [0.3, 0.4) is 0 Å². The molecule has 0 bridgehead atoms. The lowest BCUT2D eigenvalue weighted by Crippen LogP contribution is -2.09. The van der Waals surface area contributed by atoms with Crippen LogP contribution in [0.25, 0.3) is 11.1 Å². The zero-order valence-corrected chi connectivity index (χ0v) is 12.6. The number of aromatic carboxylic acids is 1. The Labute approximate surface area is 138 Å². The number of phenolic OH excluding ortho intramolecular Hbond substituents is 1. The highest BCUT2D eigenvalue weighted by Crippen LogP contribution is 2.30. The molecule has 3 rings (SSSR count). The molecule has 0 aliphatic carbocycles. The molecule has 0 radical (unpaired) electrons. The summed E-state index contributed by atoms with van der Waals surface area (Å²) in [6.45, 7) is 0. The van der Waals surface area contributed by atoms with E-state index in [2.05, 4.69) is 0 Å². The minimum absolute atomic E-state index is 0.0446. The van der Waals surface area contributed by atoms with Gasteiger partial charge in [-0.2, -0.15) is 0 Å². The first-order valence-corrected chi connectivity index (χ1v) is 7.33. The largest absolute Gasteiger partial charge is 0.507 e. The molecule has 3 aromatic carbocycles. The van der Waals surface area contributed by atoms with Gasteiger partial charge in [0.15, 0.2) is 5.78 Å². The second-order valence-electron chi connectivity index (χ2n) is 5.28. The summed E-state index contributed by atoms with van der Waals surface area (Å²) in [5.41, 5.74) is 1.69. The summed E-state index contributed by atoms with van der Waals surface area (Å²) in [7, 11) is 0. The van der Waals surface area contributed by atoms with Crippen molar-refractivity contribution in [3.05, 3.63) is 89.5 Å². The van der Waals surface area contributed by atoms with E-state index in [4.69, 9.17) is 0 Å². The number of benzene rings is 3. The minimum atomic E-state index is -1.15. The van der Waals surface area contributed by atoms with Gasteiger partial charge in [-0.3, -0.25) is 4.79 Å². The normalized spacial score (nSPS) is 10.3. The van der Waals surface area contributed by atoms with E-state index in [0.29, 0.717) is 11.1 Å². The molecule has 0 aliphatic rings. The van der Waals surface area contributed by atoms with Crippen molar-refractivity contribution >= 4 is 11.8 Å². The second kappa shape index (κ2) is 6.38. The first kappa shape index (κ1) is 15.5. The van der Waals surface area contributed by atoms with Gasteiger partial charge in [-0.15, -0.1) is 0 Å². The second-order valence-corrected chi connectivity index (χ2v) is 5.28. The third-order valence-electron chi connectivity index (χ3n) is 3.75. The number of ketones is 1. The van der Waals surface area contributed by atoms with Gasteiger partial charge in [-0.05, 0) is 29.8 Å². The van der Waals surface area contributed by atoms with Crippen LogP contribution in [0.2, 0.25) is 0 Å². The van der Waals surface area contributed by atoms with Crippen LogP contribution in [-0.2, 0) is 0 Å². The summed E-state index contributed by atoms with van der Waals surface area (Å²) in [5.74, 6) is -1.49. The number of carboxylic acids is 1. The van der Waals surface area contributed by atoms with E-state index in [1.807, 2.05) is 30.3 Å². The van der Waals surface area contributed by atoms with Crippen molar-refractivity contribution in [3.8, 4) is 16.9 Å². The predicted molar refractivity (Wildman–Crippen MR) is 90.4 cm³/mol. The molecule has 4 nitrogen and oxygen atoms in total. The first-order valence-electron chi connectivity index (χ1n) is 7.33. The summed E-state index contributed by atoms with van der Waals surface area (Å²) >= 11 is 0. The molecule has 0 aliphatic heterocycles. The fraction of sp³-hybridized carbons (Fsp3) is 0. The maximum absolute atomic E-state index is 12.7. The highest BCUT2D eigenvalue weighted by atomic mass is 16.4. The van der Waals surface area contributed by atoms with Crippen molar-refractivity contribution in [3.63, 3.8) is 0 Å². The van der Waals surface area contributed by atoms with Crippen LogP contribution in [0.15, 0.2) is 72.8 Å². The van der Waals surface area contributed by atoms with E-state index in [0.717, 1.165) is 5.56 Å². The zero-order valence-electron chi connectivity index (χ0n) is 12.6. The summed E-state index contributed by atoms with van der Waals surface area (Å²) in [4.78, 5) is 24.0. The van der Waals surface area contributed by atoms with E-state index in [1.165, 1.54) is 24.3 Å². The summed E-state index contributed by atoms with van der Waals surface area (Å²) in [5, 5.41) is 19.3. The van der Waals surface area contributed by atoms with E-state index < -0.39 is 11.8 Å². The third-order valence-corrected chi connectivity index (χ3v) is 3.75. The molecule has 4 heteroatoms. The Morgan fingerprint density at radius 2 is 1.38 bits per heavy atom. The van der Waals surface area contributed by atoms with Gasteiger partial charge in [0.25, 0.3) is 0 Å². The smallest absolute Gasteiger partial charge is 0.336 e. The molecule has 24 heavy (non-hydrogen) atoms. The number of phenols is 1. The maximum atomic E-state index is 12.7. The number of rotatable bonds is 4. The topological polar surface area (TPSA) is 74.6 Å². The Morgan fingerprint density at radius 1 is 0.750 bits per heavy atom. The van der Waals surface area contributed by atoms with Crippen molar-refractivity contribution in [1.82, 2.24) is 0 Å². The third kappa shape index (κ3) is 2.90. The lowest BCUT2D eigenvalue weighted by Gasteiger charge is -2.09. The Morgan fingerprint density at radius 3 is 2.04 bits per heavy atom.